The van der Waals surface area contributed by atoms with Crippen molar-refractivity contribution in [1.29, 1.82) is 5.26 Å². The molecular formula is C19H24N2. The number of hydrogen-bond donors (Lipinski definition) is 1. The molecular weight excluding hydrogens is 256 g/mol. The van der Waals surface area contributed by atoms with E-state index in [2.05, 4.69) is 31.3 Å². The Labute approximate surface area is 127 Å². The van der Waals surface area contributed by atoms with Crippen molar-refractivity contribution in [2.45, 2.75) is 57.9 Å². The van der Waals surface area contributed by atoms with E-state index < -0.39 is 0 Å². The van der Waals surface area contributed by atoms with Crippen LogP contribution in [0.4, 0.5) is 5.69 Å². The van der Waals surface area contributed by atoms with E-state index in [-0.39, 0.29) is 5.54 Å². The molecule has 0 saturated heterocycles. The second kappa shape index (κ2) is 4.03. The zero-order valence-electron chi connectivity index (χ0n) is 13.1. The van der Waals surface area contributed by atoms with E-state index >= 15 is 0 Å². The van der Waals surface area contributed by atoms with Gasteiger partial charge in [-0.2, -0.15) is 5.26 Å². The maximum Gasteiger partial charge on any atom is 0.101 e. The van der Waals surface area contributed by atoms with Crippen molar-refractivity contribution < 1.29 is 0 Å². The Morgan fingerprint density at radius 3 is 2.33 bits per heavy atom. The first kappa shape index (κ1) is 13.2. The lowest BCUT2D eigenvalue weighted by Crippen LogP contribution is -2.61. The molecule has 2 heteroatoms. The van der Waals surface area contributed by atoms with Crippen LogP contribution in [-0.4, -0.2) is 5.54 Å². The van der Waals surface area contributed by atoms with Crippen LogP contribution in [0.1, 0.15) is 57.9 Å². The highest BCUT2D eigenvalue weighted by atomic mass is 15.0. The molecule has 1 aromatic rings. The van der Waals surface area contributed by atoms with Crippen LogP contribution < -0.4 is 5.32 Å². The predicted molar refractivity (Wildman–Crippen MR) is 84.9 cm³/mol. The molecule has 1 aromatic carbocycles. The summed E-state index contributed by atoms with van der Waals surface area (Å²) < 4.78 is 0. The topological polar surface area (TPSA) is 35.8 Å². The first-order valence-electron chi connectivity index (χ1n) is 8.21. The molecule has 4 fully saturated rings. The molecule has 1 N–H and O–H groups in total. The van der Waals surface area contributed by atoms with E-state index in [0.29, 0.717) is 10.8 Å². The highest BCUT2D eigenvalue weighted by Crippen LogP contribution is 2.66. The Morgan fingerprint density at radius 1 is 1.05 bits per heavy atom. The van der Waals surface area contributed by atoms with Gasteiger partial charge < -0.3 is 5.32 Å². The van der Waals surface area contributed by atoms with E-state index in [1.54, 1.807) is 0 Å². The molecule has 4 aliphatic rings. The first-order chi connectivity index (χ1) is 9.93. The van der Waals surface area contributed by atoms with Crippen LogP contribution in [0.5, 0.6) is 0 Å². The molecule has 4 aliphatic carbocycles. The standard InChI is InChI=1S/C19H24N2/c1-17-7-14-8-18(2,11-17)13-19(9-14,12-17)21-16-6-4-3-5-15(16)10-20/h3-6,14,21H,7-9,11-13H2,1-2H3/t14?,17-,18+,19?. The van der Waals surface area contributed by atoms with E-state index in [1.807, 2.05) is 18.2 Å². The number of rotatable bonds is 2. The van der Waals surface area contributed by atoms with E-state index in [0.717, 1.165) is 17.2 Å². The van der Waals surface area contributed by atoms with Gasteiger partial charge in [0.2, 0.25) is 0 Å². The van der Waals surface area contributed by atoms with Crippen molar-refractivity contribution in [2.24, 2.45) is 16.7 Å². The van der Waals surface area contributed by atoms with E-state index in [1.165, 1.54) is 38.5 Å². The third-order valence-corrected chi connectivity index (χ3v) is 6.07. The maximum absolute atomic E-state index is 9.34. The molecule has 21 heavy (non-hydrogen) atoms. The van der Waals surface area contributed by atoms with Crippen molar-refractivity contribution in [3.8, 4) is 6.07 Å². The van der Waals surface area contributed by atoms with Crippen LogP contribution in [0.25, 0.3) is 0 Å². The number of nitrogens with one attached hydrogen (secondary N) is 1. The van der Waals surface area contributed by atoms with Gasteiger partial charge in [-0.25, -0.2) is 0 Å². The minimum atomic E-state index is 0.218. The van der Waals surface area contributed by atoms with Gasteiger partial charge in [-0.15, -0.1) is 0 Å². The second-order valence-corrected chi connectivity index (χ2v) is 8.69. The summed E-state index contributed by atoms with van der Waals surface area (Å²) in [6.45, 7) is 4.98. The summed E-state index contributed by atoms with van der Waals surface area (Å²) in [6.07, 6.45) is 8.04. The number of nitrogens with zero attached hydrogens (tertiary/aromatic N) is 1. The van der Waals surface area contributed by atoms with Crippen LogP contribution in [0.3, 0.4) is 0 Å². The molecule has 0 radical (unpaired) electrons. The monoisotopic (exact) mass is 280 g/mol. The highest BCUT2D eigenvalue weighted by molar-refractivity contribution is 5.59. The SMILES string of the molecule is C[C@]12CC3CC(Nc4ccccc4C#N)(C1)C[C@@](C)(C3)C2. The lowest BCUT2D eigenvalue weighted by molar-refractivity contribution is -0.0973. The second-order valence-electron chi connectivity index (χ2n) is 8.69. The van der Waals surface area contributed by atoms with Crippen molar-refractivity contribution in [3.63, 3.8) is 0 Å². The average molecular weight is 280 g/mol. The Kier molecular flexibility index (Phi) is 2.53. The van der Waals surface area contributed by atoms with Gasteiger partial charge in [0.1, 0.15) is 6.07 Å². The summed E-state index contributed by atoms with van der Waals surface area (Å²) in [6, 6.07) is 10.3. The quantitative estimate of drug-likeness (QED) is 0.851. The lowest BCUT2D eigenvalue weighted by atomic mass is 9.42. The van der Waals surface area contributed by atoms with Gasteiger partial charge in [0.15, 0.2) is 0 Å². The summed E-state index contributed by atoms with van der Waals surface area (Å²) >= 11 is 0. The van der Waals surface area contributed by atoms with Gasteiger partial charge in [-0.3, -0.25) is 0 Å². The van der Waals surface area contributed by atoms with Crippen LogP contribution in [-0.2, 0) is 0 Å². The summed E-state index contributed by atoms with van der Waals surface area (Å²) in [5.41, 5.74) is 3.04. The van der Waals surface area contributed by atoms with Gasteiger partial charge in [0, 0.05) is 5.54 Å². The summed E-state index contributed by atoms with van der Waals surface area (Å²) in [5, 5.41) is 13.2. The van der Waals surface area contributed by atoms with Gasteiger partial charge in [0.25, 0.3) is 0 Å². The fourth-order valence-electron chi connectivity index (χ4n) is 6.56. The fourth-order valence-corrected chi connectivity index (χ4v) is 6.56. The Morgan fingerprint density at radius 2 is 1.71 bits per heavy atom. The first-order valence-corrected chi connectivity index (χ1v) is 8.21. The zero-order chi connectivity index (χ0) is 14.7. The third kappa shape index (κ3) is 2.06. The molecule has 4 atom stereocenters. The smallest absolute Gasteiger partial charge is 0.101 e. The summed E-state index contributed by atoms with van der Waals surface area (Å²) in [7, 11) is 0. The van der Waals surface area contributed by atoms with Crippen molar-refractivity contribution in [3.05, 3.63) is 29.8 Å². The molecule has 0 spiro atoms. The number of nitriles is 1. The van der Waals surface area contributed by atoms with Crippen LogP contribution in [0.2, 0.25) is 0 Å². The van der Waals surface area contributed by atoms with Gasteiger partial charge in [-0.05, 0) is 67.4 Å². The van der Waals surface area contributed by atoms with E-state index in [4.69, 9.17) is 0 Å². The fraction of sp³-hybridized carbons (Fsp3) is 0.632. The average Bonchev–Trinajstić information content (AvgIpc) is 2.34. The molecule has 0 aromatic heterocycles. The normalized spacial score (nSPS) is 43.6. The van der Waals surface area contributed by atoms with Gasteiger partial charge in [0.05, 0.1) is 11.3 Å². The molecule has 110 valence electrons. The molecule has 2 unspecified atom stereocenters. The van der Waals surface area contributed by atoms with Crippen LogP contribution >= 0.6 is 0 Å². The Hall–Kier alpha value is -1.49. The molecule has 0 heterocycles. The molecule has 0 aliphatic heterocycles. The van der Waals surface area contributed by atoms with Crippen molar-refractivity contribution >= 4 is 5.69 Å². The number of benzene rings is 1. The number of anilines is 1. The minimum Gasteiger partial charge on any atom is -0.378 e. The van der Waals surface area contributed by atoms with Crippen molar-refractivity contribution in [1.82, 2.24) is 0 Å². The van der Waals surface area contributed by atoms with Gasteiger partial charge >= 0.3 is 0 Å². The number of hydrogen-bond acceptors (Lipinski definition) is 2. The minimum absolute atomic E-state index is 0.218. The van der Waals surface area contributed by atoms with Crippen LogP contribution in [0, 0.1) is 28.1 Å². The van der Waals surface area contributed by atoms with Crippen molar-refractivity contribution in [2.75, 3.05) is 5.32 Å². The van der Waals surface area contributed by atoms with Crippen LogP contribution in [0.15, 0.2) is 24.3 Å². The molecule has 0 amide bonds. The molecule has 2 nitrogen and oxygen atoms in total. The highest BCUT2D eigenvalue weighted by Gasteiger charge is 2.60. The maximum atomic E-state index is 9.34. The molecule has 4 bridgehead atoms. The van der Waals surface area contributed by atoms with E-state index in [9.17, 15) is 5.26 Å². The Bertz CT molecular complexity index is 609. The van der Waals surface area contributed by atoms with Gasteiger partial charge in [-0.1, -0.05) is 26.0 Å². The largest absolute Gasteiger partial charge is 0.378 e. The lowest BCUT2D eigenvalue weighted by Gasteiger charge is -2.65. The molecule has 4 saturated carbocycles. The summed E-state index contributed by atoms with van der Waals surface area (Å²) in [4.78, 5) is 0. The third-order valence-electron chi connectivity index (χ3n) is 6.07. The Balaban J connectivity index is 1.70. The summed E-state index contributed by atoms with van der Waals surface area (Å²) in [5.74, 6) is 0.873. The predicted octanol–water partition coefficient (Wildman–Crippen LogP) is 4.72. The zero-order valence-corrected chi connectivity index (χ0v) is 13.1. The number of para-hydroxylation sites is 1. The molecule has 5 rings (SSSR count).